The Morgan fingerprint density at radius 3 is 2.46 bits per heavy atom. The number of benzene rings is 1. The van der Waals surface area contributed by atoms with Gasteiger partial charge in [-0.25, -0.2) is 4.68 Å². The fourth-order valence-corrected chi connectivity index (χ4v) is 2.94. The summed E-state index contributed by atoms with van der Waals surface area (Å²) >= 11 is 6.00. The lowest BCUT2D eigenvalue weighted by atomic mass is 9.92. The number of carbonyl (C=O) groups excluding carboxylic acids is 1. The van der Waals surface area contributed by atoms with Crippen molar-refractivity contribution < 1.29 is 4.79 Å². The number of anilines is 1. The van der Waals surface area contributed by atoms with E-state index in [-0.39, 0.29) is 11.3 Å². The summed E-state index contributed by atoms with van der Waals surface area (Å²) in [5.41, 5.74) is 2.43. The summed E-state index contributed by atoms with van der Waals surface area (Å²) in [7, 11) is 1.79. The SMILES string of the molecule is Cn1cc(Cl)cc1C(=O)Nc1cc(C(C)(C)C)nn1Cc1ccccc1. The zero-order valence-electron chi connectivity index (χ0n) is 15.5. The van der Waals surface area contributed by atoms with E-state index in [9.17, 15) is 4.79 Å². The van der Waals surface area contributed by atoms with Crippen LogP contribution in [0.3, 0.4) is 0 Å². The van der Waals surface area contributed by atoms with E-state index in [0.29, 0.717) is 23.1 Å². The van der Waals surface area contributed by atoms with E-state index in [1.54, 1.807) is 23.9 Å². The van der Waals surface area contributed by atoms with E-state index >= 15 is 0 Å². The number of aromatic nitrogens is 3. The summed E-state index contributed by atoms with van der Waals surface area (Å²) in [6.45, 7) is 6.89. The van der Waals surface area contributed by atoms with Crippen LogP contribution in [0.2, 0.25) is 5.02 Å². The first-order chi connectivity index (χ1) is 12.2. The van der Waals surface area contributed by atoms with Crippen LogP contribution in [0.1, 0.15) is 42.5 Å². The molecule has 3 rings (SSSR count). The summed E-state index contributed by atoms with van der Waals surface area (Å²) in [6, 6.07) is 13.6. The van der Waals surface area contributed by atoms with Gasteiger partial charge in [0, 0.05) is 24.7 Å². The molecule has 136 valence electrons. The number of amides is 1. The second-order valence-corrected chi connectivity index (χ2v) is 7.85. The topological polar surface area (TPSA) is 51.9 Å². The summed E-state index contributed by atoms with van der Waals surface area (Å²) in [6.07, 6.45) is 1.71. The smallest absolute Gasteiger partial charge is 0.273 e. The highest BCUT2D eigenvalue weighted by molar-refractivity contribution is 6.31. The number of halogens is 1. The van der Waals surface area contributed by atoms with Crippen LogP contribution in [-0.2, 0) is 19.0 Å². The normalized spacial score (nSPS) is 11.6. The van der Waals surface area contributed by atoms with Crippen molar-refractivity contribution >= 4 is 23.3 Å². The average Bonchev–Trinajstić information content (AvgIpc) is 3.11. The van der Waals surface area contributed by atoms with Crippen molar-refractivity contribution in [2.24, 2.45) is 7.05 Å². The minimum Gasteiger partial charge on any atom is -0.345 e. The molecule has 26 heavy (non-hydrogen) atoms. The molecule has 5 nitrogen and oxygen atoms in total. The number of aryl methyl sites for hydroxylation is 1. The summed E-state index contributed by atoms with van der Waals surface area (Å²) in [5, 5.41) is 8.23. The predicted octanol–water partition coefficient (Wildman–Crippen LogP) is 4.47. The number of nitrogens with zero attached hydrogens (tertiary/aromatic N) is 3. The van der Waals surface area contributed by atoms with Gasteiger partial charge in [-0.15, -0.1) is 0 Å². The summed E-state index contributed by atoms with van der Waals surface area (Å²) < 4.78 is 3.54. The van der Waals surface area contributed by atoms with Gasteiger partial charge in [-0.05, 0) is 11.6 Å². The molecule has 0 spiro atoms. The van der Waals surface area contributed by atoms with Gasteiger partial charge in [-0.3, -0.25) is 4.79 Å². The van der Waals surface area contributed by atoms with Gasteiger partial charge in [0.05, 0.1) is 17.3 Å². The predicted molar refractivity (Wildman–Crippen MR) is 105 cm³/mol. The standard InChI is InChI=1S/C20H23ClN4O/c1-20(2,3)17-11-18(22-19(26)16-10-15(21)13-24(16)4)25(23-17)12-14-8-6-5-7-9-14/h5-11,13H,12H2,1-4H3,(H,22,26). The van der Waals surface area contributed by atoms with Gasteiger partial charge >= 0.3 is 0 Å². The van der Waals surface area contributed by atoms with Crippen LogP contribution in [0.4, 0.5) is 5.82 Å². The van der Waals surface area contributed by atoms with Crippen molar-refractivity contribution in [2.75, 3.05) is 5.32 Å². The van der Waals surface area contributed by atoms with Gasteiger partial charge in [-0.2, -0.15) is 5.10 Å². The molecule has 0 aliphatic rings. The fraction of sp³-hybridized carbons (Fsp3) is 0.300. The maximum absolute atomic E-state index is 12.7. The van der Waals surface area contributed by atoms with Gasteiger partial charge < -0.3 is 9.88 Å². The van der Waals surface area contributed by atoms with E-state index in [0.717, 1.165) is 11.3 Å². The summed E-state index contributed by atoms with van der Waals surface area (Å²) in [4.78, 5) is 12.7. The first-order valence-electron chi connectivity index (χ1n) is 8.49. The molecule has 0 radical (unpaired) electrons. The molecule has 6 heteroatoms. The molecule has 2 heterocycles. The third-order valence-corrected chi connectivity index (χ3v) is 4.38. The molecule has 2 aromatic heterocycles. The molecule has 3 aromatic rings. The molecule has 0 aliphatic carbocycles. The molecule has 0 bridgehead atoms. The number of nitrogens with one attached hydrogen (secondary N) is 1. The van der Waals surface area contributed by atoms with Gasteiger partial charge in [0.2, 0.25) is 0 Å². The Balaban J connectivity index is 1.92. The van der Waals surface area contributed by atoms with Crippen LogP contribution in [0.25, 0.3) is 0 Å². The second-order valence-electron chi connectivity index (χ2n) is 7.42. The van der Waals surface area contributed by atoms with Crippen molar-refractivity contribution in [2.45, 2.75) is 32.7 Å². The quantitative estimate of drug-likeness (QED) is 0.736. The number of hydrogen-bond donors (Lipinski definition) is 1. The molecular weight excluding hydrogens is 348 g/mol. The van der Waals surface area contributed by atoms with Crippen molar-refractivity contribution in [1.29, 1.82) is 0 Å². The van der Waals surface area contributed by atoms with Crippen molar-refractivity contribution in [3.63, 3.8) is 0 Å². The van der Waals surface area contributed by atoms with Crippen LogP contribution in [0, 0.1) is 0 Å². The van der Waals surface area contributed by atoms with Crippen LogP contribution < -0.4 is 5.32 Å². The minimum atomic E-state index is -0.214. The molecule has 0 saturated heterocycles. The van der Waals surface area contributed by atoms with E-state index in [2.05, 4.69) is 26.1 Å². The minimum absolute atomic E-state index is 0.115. The molecule has 1 amide bonds. The molecule has 0 aliphatic heterocycles. The molecule has 0 fully saturated rings. The monoisotopic (exact) mass is 370 g/mol. The lowest BCUT2D eigenvalue weighted by Gasteiger charge is -2.14. The highest BCUT2D eigenvalue weighted by Crippen LogP contribution is 2.25. The zero-order valence-corrected chi connectivity index (χ0v) is 16.2. The van der Waals surface area contributed by atoms with E-state index in [4.69, 9.17) is 16.7 Å². The lowest BCUT2D eigenvalue weighted by molar-refractivity contribution is 0.101. The van der Waals surface area contributed by atoms with Gasteiger partial charge in [0.1, 0.15) is 11.5 Å². The van der Waals surface area contributed by atoms with Crippen molar-refractivity contribution in [3.8, 4) is 0 Å². The van der Waals surface area contributed by atoms with Crippen molar-refractivity contribution in [1.82, 2.24) is 14.3 Å². The van der Waals surface area contributed by atoms with E-state index in [1.165, 1.54) is 0 Å². The van der Waals surface area contributed by atoms with Crippen LogP contribution in [-0.4, -0.2) is 20.3 Å². The number of rotatable bonds is 4. The van der Waals surface area contributed by atoms with E-state index < -0.39 is 0 Å². The highest BCUT2D eigenvalue weighted by Gasteiger charge is 2.22. The summed E-state index contributed by atoms with van der Waals surface area (Å²) in [5.74, 6) is 0.454. The molecule has 0 unspecified atom stereocenters. The first-order valence-corrected chi connectivity index (χ1v) is 8.87. The van der Waals surface area contributed by atoms with Gasteiger partial charge in [0.15, 0.2) is 0 Å². The molecule has 0 saturated carbocycles. The molecule has 0 atom stereocenters. The third kappa shape index (κ3) is 3.99. The number of carbonyl (C=O) groups is 1. The Labute approximate surface area is 158 Å². The van der Waals surface area contributed by atoms with Gasteiger partial charge in [0.25, 0.3) is 5.91 Å². The Kier molecular flexibility index (Phi) is 4.92. The second kappa shape index (κ2) is 7.00. The van der Waals surface area contributed by atoms with Gasteiger partial charge in [-0.1, -0.05) is 62.7 Å². The Hall–Kier alpha value is -2.53. The third-order valence-electron chi connectivity index (χ3n) is 4.17. The van der Waals surface area contributed by atoms with E-state index in [1.807, 2.05) is 41.1 Å². The Morgan fingerprint density at radius 2 is 1.88 bits per heavy atom. The Morgan fingerprint density at radius 1 is 1.19 bits per heavy atom. The van der Waals surface area contributed by atoms with Crippen LogP contribution in [0.15, 0.2) is 48.7 Å². The fourth-order valence-electron chi connectivity index (χ4n) is 2.69. The lowest BCUT2D eigenvalue weighted by Crippen LogP contribution is -2.18. The maximum atomic E-state index is 12.7. The molecule has 1 aromatic carbocycles. The van der Waals surface area contributed by atoms with Crippen LogP contribution >= 0.6 is 11.6 Å². The first kappa shape index (κ1) is 18.3. The maximum Gasteiger partial charge on any atom is 0.273 e. The van der Waals surface area contributed by atoms with Crippen molar-refractivity contribution in [3.05, 3.63) is 70.6 Å². The zero-order chi connectivity index (χ0) is 18.9. The highest BCUT2D eigenvalue weighted by atomic mass is 35.5. The number of hydrogen-bond acceptors (Lipinski definition) is 2. The molecular formula is C20H23ClN4O. The average molecular weight is 371 g/mol. The van der Waals surface area contributed by atoms with Crippen LogP contribution in [0.5, 0.6) is 0 Å². The largest absolute Gasteiger partial charge is 0.345 e. The molecule has 1 N–H and O–H groups in total. The Bertz CT molecular complexity index is 919.